The topological polar surface area (TPSA) is 103 Å². The summed E-state index contributed by atoms with van der Waals surface area (Å²) in [5.74, 6) is 1.48. The quantitative estimate of drug-likeness (QED) is 0.717. The molecule has 0 bridgehead atoms. The van der Waals surface area contributed by atoms with Gasteiger partial charge in [0.05, 0.1) is 11.8 Å². The Morgan fingerprint density at radius 1 is 1.46 bits per heavy atom. The number of rotatable bonds is 6. The lowest BCUT2D eigenvalue weighted by Gasteiger charge is -2.06. The largest absolute Gasteiger partial charge is 0.354 e. The second-order valence-corrected chi connectivity index (χ2v) is 6.65. The average molecular weight is 345 g/mol. The minimum atomic E-state index is -0.253. The molecule has 0 unspecified atom stereocenters. The summed E-state index contributed by atoms with van der Waals surface area (Å²) in [5.41, 5.74) is 0.459. The molecule has 124 valence electrons. The fourth-order valence-electron chi connectivity index (χ4n) is 2.39. The van der Waals surface area contributed by atoms with E-state index in [-0.39, 0.29) is 18.0 Å². The molecular weight excluding hydrogens is 330 g/mol. The number of hydrogen-bond acceptors (Lipinski definition) is 7. The lowest BCUT2D eigenvalue weighted by atomic mass is 10.4. The SMILES string of the molecule is O=C(Cn1cnc2ccsc2c1=O)NCCc1nc(C2CC2)no1. The van der Waals surface area contributed by atoms with Crippen LogP contribution in [0.25, 0.3) is 10.2 Å². The number of hydrogen-bond donors (Lipinski definition) is 1. The molecular formula is C15H15N5O3S. The lowest BCUT2D eigenvalue weighted by molar-refractivity contribution is -0.121. The van der Waals surface area contributed by atoms with Gasteiger partial charge in [-0.05, 0) is 24.3 Å². The van der Waals surface area contributed by atoms with Crippen LogP contribution in [-0.2, 0) is 17.8 Å². The molecule has 1 saturated carbocycles. The van der Waals surface area contributed by atoms with Crippen molar-refractivity contribution in [3.63, 3.8) is 0 Å². The van der Waals surface area contributed by atoms with Gasteiger partial charge in [0.25, 0.3) is 5.56 Å². The molecule has 3 heterocycles. The number of thiophene rings is 1. The summed E-state index contributed by atoms with van der Waals surface area (Å²) in [7, 11) is 0. The molecule has 3 aromatic rings. The van der Waals surface area contributed by atoms with Crippen LogP contribution in [0.4, 0.5) is 0 Å². The predicted octanol–water partition coefficient (Wildman–Crippen LogP) is 1.08. The third kappa shape index (κ3) is 3.07. The second kappa shape index (κ2) is 6.16. The highest BCUT2D eigenvalue weighted by Gasteiger charge is 2.28. The van der Waals surface area contributed by atoms with E-state index in [0.29, 0.717) is 35.0 Å². The number of carbonyl (C=O) groups is 1. The normalized spacial score (nSPS) is 14.2. The molecule has 0 spiro atoms. The van der Waals surface area contributed by atoms with E-state index in [1.165, 1.54) is 22.2 Å². The van der Waals surface area contributed by atoms with Crippen molar-refractivity contribution in [1.82, 2.24) is 25.0 Å². The van der Waals surface area contributed by atoms with Gasteiger partial charge in [-0.25, -0.2) is 4.98 Å². The van der Waals surface area contributed by atoms with Crippen molar-refractivity contribution in [3.05, 3.63) is 39.8 Å². The molecule has 24 heavy (non-hydrogen) atoms. The van der Waals surface area contributed by atoms with Gasteiger partial charge in [0.2, 0.25) is 11.8 Å². The van der Waals surface area contributed by atoms with E-state index in [1.54, 1.807) is 6.07 Å². The van der Waals surface area contributed by atoms with Crippen LogP contribution in [0.1, 0.15) is 30.5 Å². The van der Waals surface area contributed by atoms with Crippen LogP contribution in [0.3, 0.4) is 0 Å². The molecule has 4 rings (SSSR count). The van der Waals surface area contributed by atoms with E-state index in [0.717, 1.165) is 18.7 Å². The Labute approximate surface area is 140 Å². The van der Waals surface area contributed by atoms with E-state index < -0.39 is 0 Å². The minimum absolute atomic E-state index is 0.0587. The van der Waals surface area contributed by atoms with E-state index in [9.17, 15) is 9.59 Å². The summed E-state index contributed by atoms with van der Waals surface area (Å²) >= 11 is 1.32. The highest BCUT2D eigenvalue weighted by molar-refractivity contribution is 7.17. The van der Waals surface area contributed by atoms with Crippen molar-refractivity contribution >= 4 is 27.5 Å². The van der Waals surface area contributed by atoms with Gasteiger partial charge in [-0.1, -0.05) is 5.16 Å². The summed E-state index contributed by atoms with van der Waals surface area (Å²) in [6.07, 6.45) is 4.11. The van der Waals surface area contributed by atoms with Crippen molar-refractivity contribution in [1.29, 1.82) is 0 Å². The molecule has 3 aromatic heterocycles. The number of fused-ring (bicyclic) bond motifs is 1. The second-order valence-electron chi connectivity index (χ2n) is 5.73. The van der Waals surface area contributed by atoms with Crippen LogP contribution in [0.15, 0.2) is 27.1 Å². The van der Waals surface area contributed by atoms with Crippen LogP contribution in [0, 0.1) is 0 Å². The summed E-state index contributed by atoms with van der Waals surface area (Å²) < 4.78 is 7.02. The Balaban J connectivity index is 1.32. The number of nitrogens with zero attached hydrogens (tertiary/aromatic N) is 4. The van der Waals surface area contributed by atoms with Gasteiger partial charge in [-0.3, -0.25) is 14.2 Å². The Hall–Kier alpha value is -2.55. The third-order valence-corrected chi connectivity index (χ3v) is 4.73. The maximum Gasteiger partial charge on any atom is 0.271 e. The Morgan fingerprint density at radius 3 is 3.17 bits per heavy atom. The first kappa shape index (κ1) is 15.0. The van der Waals surface area contributed by atoms with Gasteiger partial charge < -0.3 is 9.84 Å². The van der Waals surface area contributed by atoms with Crippen molar-refractivity contribution < 1.29 is 9.32 Å². The van der Waals surface area contributed by atoms with E-state index in [4.69, 9.17) is 4.52 Å². The fourth-order valence-corrected chi connectivity index (χ4v) is 3.18. The van der Waals surface area contributed by atoms with Crippen molar-refractivity contribution in [3.8, 4) is 0 Å². The lowest BCUT2D eigenvalue weighted by Crippen LogP contribution is -2.33. The molecule has 0 aliphatic heterocycles. The molecule has 1 amide bonds. The maximum absolute atomic E-state index is 12.2. The highest BCUT2D eigenvalue weighted by Crippen LogP contribution is 2.38. The van der Waals surface area contributed by atoms with Crippen LogP contribution in [0.2, 0.25) is 0 Å². The van der Waals surface area contributed by atoms with E-state index >= 15 is 0 Å². The van der Waals surface area contributed by atoms with Crippen molar-refractivity contribution in [2.45, 2.75) is 31.7 Å². The molecule has 8 nitrogen and oxygen atoms in total. The molecule has 0 aromatic carbocycles. The first-order chi connectivity index (χ1) is 11.7. The molecule has 1 aliphatic rings. The highest BCUT2D eigenvalue weighted by atomic mass is 32.1. The van der Waals surface area contributed by atoms with Crippen LogP contribution < -0.4 is 10.9 Å². The fraction of sp³-hybridized carbons (Fsp3) is 0.400. The first-order valence-electron chi connectivity index (χ1n) is 7.72. The molecule has 0 saturated heterocycles. The van der Waals surface area contributed by atoms with Gasteiger partial charge in [0.1, 0.15) is 11.2 Å². The average Bonchev–Trinajstić information content (AvgIpc) is 3.12. The maximum atomic E-state index is 12.2. The number of carbonyl (C=O) groups excluding carboxylic acids is 1. The summed E-state index contributed by atoms with van der Waals surface area (Å²) in [6.45, 7) is 0.325. The van der Waals surface area contributed by atoms with Gasteiger partial charge in [0.15, 0.2) is 5.82 Å². The number of aromatic nitrogens is 4. The summed E-state index contributed by atoms with van der Waals surface area (Å²) in [5, 5.41) is 8.49. The summed E-state index contributed by atoms with van der Waals surface area (Å²) in [6, 6.07) is 1.78. The minimum Gasteiger partial charge on any atom is -0.354 e. The smallest absolute Gasteiger partial charge is 0.271 e. The Bertz CT molecular complexity index is 940. The number of nitrogens with one attached hydrogen (secondary N) is 1. The Morgan fingerprint density at radius 2 is 2.33 bits per heavy atom. The Kier molecular flexibility index (Phi) is 3.85. The monoisotopic (exact) mass is 345 g/mol. The molecule has 0 atom stereocenters. The van der Waals surface area contributed by atoms with Gasteiger partial charge in [0, 0.05) is 18.9 Å². The van der Waals surface area contributed by atoms with Crippen LogP contribution in [0.5, 0.6) is 0 Å². The van der Waals surface area contributed by atoms with Crippen molar-refractivity contribution in [2.75, 3.05) is 6.54 Å². The molecule has 0 radical (unpaired) electrons. The zero-order valence-electron chi connectivity index (χ0n) is 12.8. The predicted molar refractivity (Wildman–Crippen MR) is 86.9 cm³/mol. The zero-order valence-corrected chi connectivity index (χ0v) is 13.6. The van der Waals surface area contributed by atoms with E-state index in [2.05, 4.69) is 20.4 Å². The molecule has 1 fully saturated rings. The van der Waals surface area contributed by atoms with Crippen LogP contribution >= 0.6 is 11.3 Å². The van der Waals surface area contributed by atoms with Gasteiger partial charge in [-0.2, -0.15) is 4.98 Å². The molecule has 1 N–H and O–H groups in total. The van der Waals surface area contributed by atoms with E-state index in [1.807, 2.05) is 5.38 Å². The van der Waals surface area contributed by atoms with Gasteiger partial charge in [-0.15, -0.1) is 11.3 Å². The molecule has 9 heteroatoms. The standard InChI is InChI=1S/C15H15N5O3S/c21-11(7-20-8-17-10-4-6-24-13(10)15(20)22)16-5-3-12-18-14(19-23-12)9-1-2-9/h4,6,8-9H,1-3,5,7H2,(H,16,21). The summed E-state index contributed by atoms with van der Waals surface area (Å²) in [4.78, 5) is 32.7. The zero-order chi connectivity index (χ0) is 16.5. The number of amides is 1. The van der Waals surface area contributed by atoms with Crippen molar-refractivity contribution in [2.24, 2.45) is 0 Å². The third-order valence-electron chi connectivity index (χ3n) is 3.84. The van der Waals surface area contributed by atoms with Crippen LogP contribution in [-0.4, -0.2) is 32.1 Å². The first-order valence-corrected chi connectivity index (χ1v) is 8.60. The van der Waals surface area contributed by atoms with Gasteiger partial charge >= 0.3 is 0 Å². The molecule has 1 aliphatic carbocycles.